The predicted molar refractivity (Wildman–Crippen MR) is 104 cm³/mol. The third-order valence-corrected chi connectivity index (χ3v) is 5.62. The van der Waals surface area contributed by atoms with Gasteiger partial charge in [-0.1, -0.05) is 0 Å². The van der Waals surface area contributed by atoms with Gasteiger partial charge in [-0.2, -0.15) is 0 Å². The lowest BCUT2D eigenvalue weighted by Gasteiger charge is -2.31. The number of hydrogen-bond donors (Lipinski definition) is 1. The van der Waals surface area contributed by atoms with Gasteiger partial charge in [0.2, 0.25) is 5.91 Å². The number of nitrogens with zero attached hydrogens (tertiary/aromatic N) is 2. The zero-order valence-electron chi connectivity index (χ0n) is 15.6. The summed E-state index contributed by atoms with van der Waals surface area (Å²) in [4.78, 5) is 29.1. The van der Waals surface area contributed by atoms with Crippen molar-refractivity contribution in [3.63, 3.8) is 0 Å². The van der Waals surface area contributed by atoms with Crippen LogP contribution in [0.25, 0.3) is 0 Å². The Morgan fingerprint density at radius 2 is 1.96 bits per heavy atom. The summed E-state index contributed by atoms with van der Waals surface area (Å²) in [5, 5.41) is 3.07. The van der Waals surface area contributed by atoms with E-state index < -0.39 is 0 Å². The average molecular weight is 367 g/mol. The Morgan fingerprint density at radius 3 is 2.70 bits per heavy atom. The van der Waals surface area contributed by atoms with Gasteiger partial charge in [0, 0.05) is 44.0 Å². The zero-order chi connectivity index (χ0) is 18.8. The summed E-state index contributed by atoms with van der Waals surface area (Å²) in [5.74, 6) is -0.0342. The molecular weight excluding hydrogens is 342 g/mol. The number of likely N-dealkylation sites (tertiary alicyclic amines) is 1. The number of rotatable bonds is 3. The second-order valence-electron chi connectivity index (χ2n) is 7.44. The van der Waals surface area contributed by atoms with E-state index in [2.05, 4.69) is 29.4 Å². The molecule has 1 aromatic heterocycles. The molecule has 2 amide bonds. The summed E-state index contributed by atoms with van der Waals surface area (Å²) >= 11 is 0. The number of amides is 2. The van der Waals surface area contributed by atoms with Gasteiger partial charge in [-0.05, 0) is 55.5 Å². The van der Waals surface area contributed by atoms with E-state index in [1.54, 1.807) is 11.0 Å². The SMILES string of the molecule is CN1CCCc2cc(NC(=O)C3CCN(C(=O)c4ccoc4)CC3)ccc21. The van der Waals surface area contributed by atoms with Crippen molar-refractivity contribution in [3.8, 4) is 0 Å². The summed E-state index contributed by atoms with van der Waals surface area (Å²) in [5.41, 5.74) is 3.98. The fourth-order valence-electron chi connectivity index (χ4n) is 4.02. The molecule has 1 saturated heterocycles. The van der Waals surface area contributed by atoms with Crippen LogP contribution in [0.3, 0.4) is 0 Å². The lowest BCUT2D eigenvalue weighted by atomic mass is 9.95. The minimum absolute atomic E-state index is 0.0265. The number of carbonyl (C=O) groups is 2. The molecule has 2 aliphatic heterocycles. The van der Waals surface area contributed by atoms with Crippen LogP contribution < -0.4 is 10.2 Å². The highest BCUT2D eigenvalue weighted by Crippen LogP contribution is 2.29. The number of piperidine rings is 1. The number of anilines is 2. The number of fused-ring (bicyclic) bond motifs is 1. The Morgan fingerprint density at radius 1 is 1.15 bits per heavy atom. The van der Waals surface area contributed by atoms with Crippen LogP contribution in [0.4, 0.5) is 11.4 Å². The van der Waals surface area contributed by atoms with Gasteiger partial charge in [0.05, 0.1) is 11.8 Å². The first-order valence-electron chi connectivity index (χ1n) is 9.58. The molecule has 0 saturated carbocycles. The Kier molecular flexibility index (Phi) is 4.88. The van der Waals surface area contributed by atoms with Gasteiger partial charge >= 0.3 is 0 Å². The van der Waals surface area contributed by atoms with Crippen LogP contribution in [0.5, 0.6) is 0 Å². The molecule has 3 heterocycles. The van der Waals surface area contributed by atoms with Gasteiger partial charge < -0.3 is 19.5 Å². The number of furan rings is 1. The fourth-order valence-corrected chi connectivity index (χ4v) is 4.02. The molecule has 2 aliphatic rings. The third kappa shape index (κ3) is 3.70. The number of benzene rings is 1. The topological polar surface area (TPSA) is 65.8 Å². The smallest absolute Gasteiger partial charge is 0.257 e. The zero-order valence-corrected chi connectivity index (χ0v) is 15.6. The van der Waals surface area contributed by atoms with E-state index in [0.29, 0.717) is 31.5 Å². The standard InChI is InChI=1S/C21H25N3O3/c1-23-9-2-3-16-13-18(4-5-19(16)23)22-20(25)15-6-10-24(11-7-15)21(26)17-8-12-27-14-17/h4-5,8,12-15H,2-3,6-7,9-11H2,1H3,(H,22,25). The minimum Gasteiger partial charge on any atom is -0.472 e. The van der Waals surface area contributed by atoms with Gasteiger partial charge in [0.15, 0.2) is 0 Å². The van der Waals surface area contributed by atoms with E-state index in [0.717, 1.165) is 25.1 Å². The summed E-state index contributed by atoms with van der Waals surface area (Å²) in [6.45, 7) is 2.27. The van der Waals surface area contributed by atoms with Gasteiger partial charge in [0.25, 0.3) is 5.91 Å². The van der Waals surface area contributed by atoms with Crippen molar-refractivity contribution >= 4 is 23.2 Å². The fraction of sp³-hybridized carbons (Fsp3) is 0.429. The van der Waals surface area contributed by atoms with E-state index in [4.69, 9.17) is 4.42 Å². The molecule has 142 valence electrons. The van der Waals surface area contributed by atoms with Crippen LogP contribution in [-0.2, 0) is 11.2 Å². The maximum atomic E-state index is 12.7. The summed E-state index contributed by atoms with van der Waals surface area (Å²) in [6.07, 6.45) is 6.53. The molecule has 6 nitrogen and oxygen atoms in total. The molecule has 6 heteroatoms. The Hall–Kier alpha value is -2.76. The first kappa shape index (κ1) is 17.6. The van der Waals surface area contributed by atoms with E-state index in [-0.39, 0.29) is 17.7 Å². The molecule has 1 aromatic carbocycles. The molecule has 0 radical (unpaired) electrons. The molecule has 1 fully saturated rings. The average Bonchev–Trinajstić information content (AvgIpc) is 3.22. The maximum absolute atomic E-state index is 12.7. The van der Waals surface area contributed by atoms with Crippen LogP contribution in [0.15, 0.2) is 41.2 Å². The third-order valence-electron chi connectivity index (χ3n) is 5.62. The Balaban J connectivity index is 1.34. The molecule has 0 unspecified atom stereocenters. The largest absolute Gasteiger partial charge is 0.472 e. The first-order chi connectivity index (χ1) is 13.1. The molecule has 0 spiro atoms. The lowest BCUT2D eigenvalue weighted by molar-refractivity contribution is -0.121. The Labute approximate surface area is 159 Å². The lowest BCUT2D eigenvalue weighted by Crippen LogP contribution is -2.41. The van der Waals surface area contributed by atoms with Gasteiger partial charge in [-0.25, -0.2) is 0 Å². The van der Waals surface area contributed by atoms with Crippen molar-refractivity contribution < 1.29 is 14.0 Å². The van der Waals surface area contributed by atoms with Crippen LogP contribution in [0.1, 0.15) is 35.2 Å². The molecular formula is C21H25N3O3. The normalized spacial score (nSPS) is 17.5. The second-order valence-corrected chi connectivity index (χ2v) is 7.44. The molecule has 4 rings (SSSR count). The Bertz CT molecular complexity index is 823. The van der Waals surface area contributed by atoms with Gasteiger partial charge in [-0.3, -0.25) is 9.59 Å². The molecule has 0 bridgehead atoms. The minimum atomic E-state index is -0.0582. The number of hydrogen-bond acceptors (Lipinski definition) is 4. The first-order valence-corrected chi connectivity index (χ1v) is 9.58. The van der Waals surface area contributed by atoms with Crippen LogP contribution in [0.2, 0.25) is 0 Å². The van der Waals surface area contributed by atoms with Gasteiger partial charge in [0.1, 0.15) is 6.26 Å². The van der Waals surface area contributed by atoms with Crippen molar-refractivity contribution in [2.24, 2.45) is 5.92 Å². The number of carbonyl (C=O) groups excluding carboxylic acids is 2. The monoisotopic (exact) mass is 367 g/mol. The van der Waals surface area contributed by atoms with E-state index in [9.17, 15) is 9.59 Å². The van der Waals surface area contributed by atoms with Crippen molar-refractivity contribution in [2.45, 2.75) is 25.7 Å². The van der Waals surface area contributed by atoms with Crippen molar-refractivity contribution in [3.05, 3.63) is 47.9 Å². The number of nitrogens with one attached hydrogen (secondary N) is 1. The highest BCUT2D eigenvalue weighted by molar-refractivity contribution is 5.95. The van der Waals surface area contributed by atoms with Crippen LogP contribution in [-0.4, -0.2) is 43.4 Å². The van der Waals surface area contributed by atoms with Crippen LogP contribution >= 0.6 is 0 Å². The van der Waals surface area contributed by atoms with Crippen LogP contribution in [0, 0.1) is 5.92 Å². The van der Waals surface area contributed by atoms with E-state index in [1.165, 1.54) is 23.8 Å². The second kappa shape index (κ2) is 7.47. The van der Waals surface area contributed by atoms with Gasteiger partial charge in [-0.15, -0.1) is 0 Å². The summed E-state index contributed by atoms with van der Waals surface area (Å²) in [7, 11) is 2.11. The van der Waals surface area contributed by atoms with Crippen molar-refractivity contribution in [1.29, 1.82) is 0 Å². The molecule has 1 N–H and O–H groups in total. The van der Waals surface area contributed by atoms with E-state index in [1.807, 2.05) is 6.07 Å². The van der Waals surface area contributed by atoms with E-state index >= 15 is 0 Å². The molecule has 0 atom stereocenters. The number of aryl methyl sites for hydroxylation is 1. The quantitative estimate of drug-likeness (QED) is 0.905. The highest BCUT2D eigenvalue weighted by atomic mass is 16.3. The maximum Gasteiger partial charge on any atom is 0.257 e. The molecule has 0 aliphatic carbocycles. The predicted octanol–water partition coefficient (Wildman–Crippen LogP) is 3.15. The van der Waals surface area contributed by atoms with Crippen molar-refractivity contribution in [1.82, 2.24) is 4.90 Å². The highest BCUT2D eigenvalue weighted by Gasteiger charge is 2.28. The summed E-state index contributed by atoms with van der Waals surface area (Å²) in [6, 6.07) is 7.85. The van der Waals surface area contributed by atoms with Crippen molar-refractivity contribution in [2.75, 3.05) is 36.9 Å². The summed E-state index contributed by atoms with van der Waals surface area (Å²) < 4.78 is 4.98. The molecule has 2 aromatic rings. The molecule has 27 heavy (non-hydrogen) atoms.